The molecule has 102 valence electrons. The van der Waals surface area contributed by atoms with Gasteiger partial charge in [-0.05, 0) is 20.2 Å². The topological polar surface area (TPSA) is 50.2 Å². The molecule has 1 aromatic carbocycles. The molecule has 1 heterocycles. The van der Waals surface area contributed by atoms with E-state index >= 15 is 0 Å². The number of hydrogen-bond acceptors (Lipinski definition) is 4. The summed E-state index contributed by atoms with van der Waals surface area (Å²) in [5.41, 5.74) is -0.425. The molecular weight excluding hydrogens is 247 g/mol. The van der Waals surface area contributed by atoms with Crippen LogP contribution in [-0.4, -0.2) is 41.9 Å². The Morgan fingerprint density at radius 1 is 1.42 bits per heavy atom. The average molecular weight is 264 g/mol. The molecule has 0 saturated heterocycles. The molecule has 1 N–H and O–H groups in total. The van der Waals surface area contributed by atoms with Gasteiger partial charge in [-0.1, -0.05) is 12.1 Å². The van der Waals surface area contributed by atoms with E-state index in [1.54, 1.807) is 12.1 Å². The Balaban J connectivity index is 2.47. The van der Waals surface area contributed by atoms with Crippen LogP contribution in [0.25, 0.3) is 10.8 Å². The number of nitrogens with zero attached hydrogens (tertiary/aromatic N) is 3. The van der Waals surface area contributed by atoms with E-state index in [1.807, 2.05) is 19.0 Å². The van der Waals surface area contributed by atoms with E-state index in [2.05, 4.69) is 10.4 Å². The number of aryl methyl sites for hydroxylation is 1. The second kappa shape index (κ2) is 5.36. The minimum absolute atomic E-state index is 0.0763. The lowest BCUT2D eigenvalue weighted by atomic mass is 10.1. The summed E-state index contributed by atoms with van der Waals surface area (Å²) < 4.78 is 14.9. The number of rotatable bonds is 4. The van der Waals surface area contributed by atoms with E-state index in [9.17, 15) is 9.18 Å². The van der Waals surface area contributed by atoms with Crippen LogP contribution >= 0.6 is 0 Å². The molecule has 1 aromatic heterocycles. The van der Waals surface area contributed by atoms with Crippen LogP contribution in [0.3, 0.4) is 0 Å². The summed E-state index contributed by atoms with van der Waals surface area (Å²) in [6.45, 7) is 1.49. The number of nitrogens with one attached hydrogen (secondary N) is 1. The van der Waals surface area contributed by atoms with Gasteiger partial charge in [-0.3, -0.25) is 4.79 Å². The fourth-order valence-corrected chi connectivity index (χ4v) is 1.88. The van der Waals surface area contributed by atoms with Crippen molar-refractivity contribution >= 4 is 16.6 Å². The molecule has 0 bridgehead atoms. The van der Waals surface area contributed by atoms with Gasteiger partial charge in [0, 0.05) is 25.5 Å². The molecule has 0 aliphatic rings. The zero-order valence-corrected chi connectivity index (χ0v) is 11.3. The van der Waals surface area contributed by atoms with Crippen molar-refractivity contribution in [3.05, 3.63) is 34.4 Å². The molecule has 0 radical (unpaired) electrons. The molecule has 0 saturated carbocycles. The van der Waals surface area contributed by atoms with Gasteiger partial charge >= 0.3 is 0 Å². The van der Waals surface area contributed by atoms with Crippen LogP contribution in [0.4, 0.5) is 10.2 Å². The monoisotopic (exact) mass is 264 g/mol. The molecular formula is C13H17FN4O. The summed E-state index contributed by atoms with van der Waals surface area (Å²) in [5.74, 6) is 0.00890. The van der Waals surface area contributed by atoms with E-state index in [0.717, 1.165) is 11.2 Å². The highest BCUT2D eigenvalue weighted by Gasteiger charge is 2.12. The van der Waals surface area contributed by atoms with E-state index in [-0.39, 0.29) is 5.39 Å². The van der Waals surface area contributed by atoms with Crippen molar-refractivity contribution in [3.8, 4) is 0 Å². The maximum absolute atomic E-state index is 13.8. The highest BCUT2D eigenvalue weighted by Crippen LogP contribution is 2.19. The molecule has 19 heavy (non-hydrogen) atoms. The van der Waals surface area contributed by atoms with Crippen molar-refractivity contribution in [1.82, 2.24) is 14.7 Å². The maximum Gasteiger partial charge on any atom is 0.277 e. The first-order valence-corrected chi connectivity index (χ1v) is 6.05. The second-order valence-electron chi connectivity index (χ2n) is 4.67. The van der Waals surface area contributed by atoms with Gasteiger partial charge < -0.3 is 10.2 Å². The summed E-state index contributed by atoms with van der Waals surface area (Å²) in [6, 6.07) is 4.56. The van der Waals surface area contributed by atoms with Crippen molar-refractivity contribution in [2.24, 2.45) is 7.05 Å². The van der Waals surface area contributed by atoms with Crippen molar-refractivity contribution in [3.63, 3.8) is 0 Å². The largest absolute Gasteiger partial charge is 0.367 e. The molecule has 2 rings (SSSR count). The van der Waals surface area contributed by atoms with Crippen LogP contribution in [0.5, 0.6) is 0 Å². The maximum atomic E-state index is 13.8. The zero-order valence-electron chi connectivity index (χ0n) is 11.3. The number of anilines is 1. The van der Waals surface area contributed by atoms with Gasteiger partial charge in [-0.2, -0.15) is 5.10 Å². The summed E-state index contributed by atoms with van der Waals surface area (Å²) in [6.07, 6.45) is 0. The summed E-state index contributed by atoms with van der Waals surface area (Å²) >= 11 is 0. The molecule has 6 heteroatoms. The Bertz CT molecular complexity index is 651. The molecule has 2 aromatic rings. The van der Waals surface area contributed by atoms with Gasteiger partial charge in [0.05, 0.1) is 5.39 Å². The normalized spacial score (nSPS) is 11.2. The van der Waals surface area contributed by atoms with E-state index in [0.29, 0.717) is 17.7 Å². The number of fused-ring (bicyclic) bond motifs is 1. The van der Waals surface area contributed by atoms with Gasteiger partial charge in [-0.15, -0.1) is 0 Å². The predicted molar refractivity (Wildman–Crippen MR) is 74.0 cm³/mol. The fraction of sp³-hybridized carbons (Fsp3) is 0.385. The Morgan fingerprint density at radius 2 is 2.16 bits per heavy atom. The molecule has 0 spiro atoms. The average Bonchev–Trinajstić information content (AvgIpc) is 2.34. The second-order valence-corrected chi connectivity index (χ2v) is 4.67. The third-order valence-electron chi connectivity index (χ3n) is 2.88. The zero-order chi connectivity index (χ0) is 14.0. The third kappa shape index (κ3) is 2.73. The van der Waals surface area contributed by atoms with E-state index in [1.165, 1.54) is 13.1 Å². The minimum Gasteiger partial charge on any atom is -0.367 e. The van der Waals surface area contributed by atoms with Gasteiger partial charge in [-0.25, -0.2) is 9.07 Å². The molecule has 0 aliphatic heterocycles. The van der Waals surface area contributed by atoms with E-state index in [4.69, 9.17) is 0 Å². The molecule has 5 nitrogen and oxygen atoms in total. The standard InChI is InChI=1S/C13H17FN4O/c1-17(2)8-7-15-12-9-5-4-6-10(14)11(9)13(19)18(3)16-12/h4-6H,7-8H2,1-3H3,(H,15,16). The Morgan fingerprint density at radius 3 is 2.84 bits per heavy atom. The number of likely N-dealkylation sites (N-methyl/N-ethyl adjacent to an activating group) is 1. The van der Waals surface area contributed by atoms with Gasteiger partial charge in [0.15, 0.2) is 5.82 Å². The molecule has 0 fully saturated rings. The summed E-state index contributed by atoms with van der Waals surface area (Å²) in [7, 11) is 5.45. The van der Waals surface area contributed by atoms with E-state index < -0.39 is 11.4 Å². The lowest BCUT2D eigenvalue weighted by Crippen LogP contribution is -2.25. The minimum atomic E-state index is -0.517. The number of halogens is 1. The Hall–Kier alpha value is -1.95. The highest BCUT2D eigenvalue weighted by molar-refractivity contribution is 5.91. The third-order valence-corrected chi connectivity index (χ3v) is 2.88. The first-order chi connectivity index (χ1) is 9.00. The molecule has 0 unspecified atom stereocenters. The number of benzene rings is 1. The van der Waals surface area contributed by atoms with Gasteiger partial charge in [0.1, 0.15) is 5.82 Å². The van der Waals surface area contributed by atoms with Crippen LogP contribution in [0, 0.1) is 5.82 Å². The lowest BCUT2D eigenvalue weighted by Gasteiger charge is -2.13. The first kappa shape index (κ1) is 13.5. The molecule has 0 aliphatic carbocycles. The molecule has 0 atom stereocenters. The SMILES string of the molecule is CN(C)CCNc1nn(C)c(=O)c2c(F)cccc12. The van der Waals surface area contributed by atoms with Crippen LogP contribution < -0.4 is 10.9 Å². The Kier molecular flexibility index (Phi) is 3.80. The van der Waals surface area contributed by atoms with Crippen LogP contribution in [0.1, 0.15) is 0 Å². The molecule has 0 amide bonds. The van der Waals surface area contributed by atoms with Crippen molar-refractivity contribution in [1.29, 1.82) is 0 Å². The van der Waals surface area contributed by atoms with Crippen LogP contribution in [0.2, 0.25) is 0 Å². The first-order valence-electron chi connectivity index (χ1n) is 6.05. The summed E-state index contributed by atoms with van der Waals surface area (Å²) in [4.78, 5) is 13.9. The van der Waals surface area contributed by atoms with Gasteiger partial charge in [0.2, 0.25) is 0 Å². The van der Waals surface area contributed by atoms with Crippen molar-refractivity contribution < 1.29 is 4.39 Å². The predicted octanol–water partition coefficient (Wildman–Crippen LogP) is 1.05. The van der Waals surface area contributed by atoms with Crippen LogP contribution in [0.15, 0.2) is 23.0 Å². The van der Waals surface area contributed by atoms with Crippen molar-refractivity contribution in [2.45, 2.75) is 0 Å². The van der Waals surface area contributed by atoms with Crippen molar-refractivity contribution in [2.75, 3.05) is 32.5 Å². The van der Waals surface area contributed by atoms with Crippen LogP contribution in [-0.2, 0) is 7.05 Å². The lowest BCUT2D eigenvalue weighted by molar-refractivity contribution is 0.425. The number of aromatic nitrogens is 2. The smallest absolute Gasteiger partial charge is 0.277 e. The van der Waals surface area contributed by atoms with Gasteiger partial charge in [0.25, 0.3) is 5.56 Å². The number of hydrogen-bond donors (Lipinski definition) is 1. The highest BCUT2D eigenvalue weighted by atomic mass is 19.1. The quantitative estimate of drug-likeness (QED) is 0.896. The Labute approximate surface area is 110 Å². The fourth-order valence-electron chi connectivity index (χ4n) is 1.88. The summed E-state index contributed by atoms with van der Waals surface area (Å²) in [5, 5.41) is 7.87.